The highest BCUT2D eigenvalue weighted by atomic mass is 79.9. The number of hydrogen-bond donors (Lipinski definition) is 0. The SMILES string of the molecule is Cc1cc(CBr)ccc1-n1nnc2ccccc21. The minimum Gasteiger partial charge on any atom is -0.213 e. The van der Waals surface area contributed by atoms with Crippen LogP contribution in [0, 0.1) is 6.92 Å². The number of benzene rings is 2. The van der Waals surface area contributed by atoms with Gasteiger partial charge in [0.2, 0.25) is 0 Å². The molecular weight excluding hydrogens is 290 g/mol. The van der Waals surface area contributed by atoms with Crippen molar-refractivity contribution in [2.45, 2.75) is 12.3 Å². The van der Waals surface area contributed by atoms with Gasteiger partial charge in [-0.05, 0) is 36.2 Å². The van der Waals surface area contributed by atoms with Gasteiger partial charge in [-0.1, -0.05) is 45.4 Å². The zero-order valence-electron chi connectivity index (χ0n) is 9.97. The highest BCUT2D eigenvalue weighted by Gasteiger charge is 2.08. The molecule has 90 valence electrons. The molecule has 0 radical (unpaired) electrons. The molecular formula is C14H12BrN3. The lowest BCUT2D eigenvalue weighted by Gasteiger charge is -2.07. The Bertz CT molecular complexity index is 703. The van der Waals surface area contributed by atoms with E-state index < -0.39 is 0 Å². The zero-order valence-corrected chi connectivity index (χ0v) is 11.6. The van der Waals surface area contributed by atoms with Gasteiger partial charge < -0.3 is 0 Å². The van der Waals surface area contributed by atoms with Crippen molar-refractivity contribution in [2.75, 3.05) is 0 Å². The summed E-state index contributed by atoms with van der Waals surface area (Å²) in [6.45, 7) is 2.10. The van der Waals surface area contributed by atoms with Gasteiger partial charge in [-0.2, -0.15) is 0 Å². The van der Waals surface area contributed by atoms with E-state index in [-0.39, 0.29) is 0 Å². The fourth-order valence-corrected chi connectivity index (χ4v) is 2.43. The van der Waals surface area contributed by atoms with E-state index in [1.807, 2.05) is 28.9 Å². The fourth-order valence-electron chi connectivity index (χ4n) is 2.09. The summed E-state index contributed by atoms with van der Waals surface area (Å²) in [5.74, 6) is 0. The van der Waals surface area contributed by atoms with Crippen LogP contribution in [-0.2, 0) is 5.33 Å². The highest BCUT2D eigenvalue weighted by Crippen LogP contribution is 2.20. The first kappa shape index (κ1) is 11.4. The van der Waals surface area contributed by atoms with Crippen LogP contribution in [0.4, 0.5) is 0 Å². The van der Waals surface area contributed by atoms with Crippen LogP contribution in [0.5, 0.6) is 0 Å². The summed E-state index contributed by atoms with van der Waals surface area (Å²) in [7, 11) is 0. The average molecular weight is 302 g/mol. The molecule has 3 nitrogen and oxygen atoms in total. The molecule has 0 fully saturated rings. The molecule has 3 aromatic rings. The maximum Gasteiger partial charge on any atom is 0.113 e. The van der Waals surface area contributed by atoms with Crippen molar-refractivity contribution >= 4 is 27.0 Å². The van der Waals surface area contributed by atoms with Gasteiger partial charge in [0, 0.05) is 5.33 Å². The van der Waals surface area contributed by atoms with Crippen LogP contribution >= 0.6 is 15.9 Å². The predicted molar refractivity (Wildman–Crippen MR) is 76.2 cm³/mol. The molecule has 18 heavy (non-hydrogen) atoms. The molecule has 0 aliphatic rings. The van der Waals surface area contributed by atoms with Crippen molar-refractivity contribution < 1.29 is 0 Å². The van der Waals surface area contributed by atoms with Crippen molar-refractivity contribution in [1.82, 2.24) is 15.0 Å². The second-order valence-corrected chi connectivity index (χ2v) is 4.81. The van der Waals surface area contributed by atoms with Crippen molar-refractivity contribution in [1.29, 1.82) is 0 Å². The van der Waals surface area contributed by atoms with Crippen LogP contribution < -0.4 is 0 Å². The van der Waals surface area contributed by atoms with Crippen molar-refractivity contribution in [3.05, 3.63) is 53.6 Å². The lowest BCUT2D eigenvalue weighted by molar-refractivity contribution is 0.818. The van der Waals surface area contributed by atoms with E-state index in [1.54, 1.807) is 0 Å². The standard InChI is InChI=1S/C14H12BrN3/c1-10-8-11(9-15)6-7-13(10)18-14-5-3-2-4-12(14)16-17-18/h2-8H,9H2,1H3. The van der Waals surface area contributed by atoms with Crippen LogP contribution in [0.1, 0.15) is 11.1 Å². The summed E-state index contributed by atoms with van der Waals surface area (Å²) >= 11 is 3.47. The van der Waals surface area contributed by atoms with E-state index in [4.69, 9.17) is 0 Å². The normalized spacial score (nSPS) is 11.0. The van der Waals surface area contributed by atoms with Crippen molar-refractivity contribution in [2.24, 2.45) is 0 Å². The maximum atomic E-state index is 4.24. The van der Waals surface area contributed by atoms with Gasteiger partial charge in [-0.25, -0.2) is 4.68 Å². The minimum absolute atomic E-state index is 0.867. The zero-order chi connectivity index (χ0) is 12.5. The molecule has 0 saturated heterocycles. The number of aromatic nitrogens is 3. The first-order chi connectivity index (χ1) is 8.79. The second-order valence-electron chi connectivity index (χ2n) is 4.24. The minimum atomic E-state index is 0.867. The molecule has 0 bridgehead atoms. The molecule has 2 aromatic carbocycles. The van der Waals surface area contributed by atoms with Gasteiger partial charge in [0.1, 0.15) is 5.52 Å². The van der Waals surface area contributed by atoms with Crippen LogP contribution in [-0.4, -0.2) is 15.0 Å². The van der Waals surface area contributed by atoms with E-state index >= 15 is 0 Å². The molecule has 4 heteroatoms. The van der Waals surface area contributed by atoms with Gasteiger partial charge in [-0.15, -0.1) is 5.10 Å². The van der Waals surface area contributed by atoms with Gasteiger partial charge >= 0.3 is 0 Å². The summed E-state index contributed by atoms with van der Waals surface area (Å²) in [6, 6.07) is 14.3. The summed E-state index contributed by atoms with van der Waals surface area (Å²) < 4.78 is 1.89. The van der Waals surface area contributed by atoms with E-state index in [2.05, 4.69) is 51.4 Å². The Kier molecular flexibility index (Phi) is 2.88. The molecule has 0 aliphatic carbocycles. The lowest BCUT2D eigenvalue weighted by atomic mass is 10.1. The molecule has 0 atom stereocenters. The van der Waals surface area contributed by atoms with E-state index in [0.29, 0.717) is 0 Å². The number of aryl methyl sites for hydroxylation is 1. The number of fused-ring (bicyclic) bond motifs is 1. The third-order valence-electron chi connectivity index (χ3n) is 3.00. The molecule has 3 rings (SSSR count). The predicted octanol–water partition coefficient (Wildman–Crippen LogP) is 3.62. The number of nitrogens with zero attached hydrogens (tertiary/aromatic N) is 3. The molecule has 0 spiro atoms. The molecule has 0 N–H and O–H groups in total. The Hall–Kier alpha value is -1.68. The number of hydrogen-bond acceptors (Lipinski definition) is 2. The van der Waals surface area contributed by atoms with Gasteiger partial charge in [0.25, 0.3) is 0 Å². The van der Waals surface area contributed by atoms with E-state index in [0.717, 1.165) is 22.1 Å². The Morgan fingerprint density at radius 2 is 2.00 bits per heavy atom. The quantitative estimate of drug-likeness (QED) is 0.677. The Morgan fingerprint density at radius 1 is 1.17 bits per heavy atom. The molecule has 0 amide bonds. The molecule has 1 aromatic heterocycles. The molecule has 1 heterocycles. The maximum absolute atomic E-state index is 4.24. The first-order valence-electron chi connectivity index (χ1n) is 5.76. The van der Waals surface area contributed by atoms with Crippen molar-refractivity contribution in [3.8, 4) is 5.69 Å². The summed E-state index contributed by atoms with van der Waals surface area (Å²) in [4.78, 5) is 0. The lowest BCUT2D eigenvalue weighted by Crippen LogP contribution is -1.99. The number of halogens is 1. The Labute approximate surface area is 114 Å². The number of alkyl halides is 1. The Morgan fingerprint density at radius 3 is 2.78 bits per heavy atom. The molecule has 0 aliphatic heterocycles. The van der Waals surface area contributed by atoms with Crippen LogP contribution in [0.3, 0.4) is 0 Å². The largest absolute Gasteiger partial charge is 0.213 e. The molecule has 0 saturated carbocycles. The highest BCUT2D eigenvalue weighted by molar-refractivity contribution is 9.08. The van der Waals surface area contributed by atoms with E-state index in [9.17, 15) is 0 Å². The summed E-state index contributed by atoms with van der Waals surface area (Å²) in [5.41, 5.74) is 5.49. The number of rotatable bonds is 2. The van der Waals surface area contributed by atoms with Crippen LogP contribution in [0.25, 0.3) is 16.7 Å². The van der Waals surface area contributed by atoms with Gasteiger partial charge in [0.15, 0.2) is 0 Å². The monoisotopic (exact) mass is 301 g/mol. The number of para-hydroxylation sites is 1. The van der Waals surface area contributed by atoms with Crippen LogP contribution in [0.15, 0.2) is 42.5 Å². The van der Waals surface area contributed by atoms with Crippen molar-refractivity contribution in [3.63, 3.8) is 0 Å². The summed E-state index contributed by atoms with van der Waals surface area (Å²) in [6.07, 6.45) is 0. The Balaban J connectivity index is 2.20. The third kappa shape index (κ3) is 1.82. The molecule has 0 unspecified atom stereocenters. The van der Waals surface area contributed by atoms with Crippen LogP contribution in [0.2, 0.25) is 0 Å². The fraction of sp³-hybridized carbons (Fsp3) is 0.143. The van der Waals surface area contributed by atoms with Gasteiger partial charge in [-0.3, -0.25) is 0 Å². The van der Waals surface area contributed by atoms with Gasteiger partial charge in [0.05, 0.1) is 11.2 Å². The average Bonchev–Trinajstić information content (AvgIpc) is 2.82. The first-order valence-corrected chi connectivity index (χ1v) is 6.88. The second kappa shape index (κ2) is 4.53. The third-order valence-corrected chi connectivity index (χ3v) is 3.64. The van der Waals surface area contributed by atoms with E-state index in [1.165, 1.54) is 11.1 Å². The summed E-state index contributed by atoms with van der Waals surface area (Å²) in [5, 5.41) is 9.29. The smallest absolute Gasteiger partial charge is 0.113 e. The topological polar surface area (TPSA) is 30.7 Å².